The maximum absolute atomic E-state index is 13.1. The second-order valence-electron chi connectivity index (χ2n) is 7.75. The first kappa shape index (κ1) is 19.0. The number of aliphatic hydroxyl groups is 1. The molecule has 0 aliphatic carbocycles. The Morgan fingerprint density at radius 1 is 1.21 bits per heavy atom. The van der Waals surface area contributed by atoms with Gasteiger partial charge in [0.2, 0.25) is 11.8 Å². The Morgan fingerprint density at radius 3 is 2.86 bits per heavy atom. The Hall–Kier alpha value is -2.29. The fraction of sp³-hybridized carbons (Fsp3) is 0.550. The van der Waals surface area contributed by atoms with Gasteiger partial charge in [0.1, 0.15) is 6.04 Å². The summed E-state index contributed by atoms with van der Waals surface area (Å²) in [5, 5.41) is 14.9. The van der Waals surface area contributed by atoms with Crippen molar-refractivity contribution in [3.05, 3.63) is 34.9 Å². The molecule has 1 aromatic carbocycles. The molecule has 2 fully saturated rings. The predicted molar refractivity (Wildman–Crippen MR) is 101 cm³/mol. The fourth-order valence-corrected chi connectivity index (χ4v) is 4.45. The number of fused-ring (bicyclic) bond motifs is 1. The Bertz CT molecular complexity index is 794. The van der Waals surface area contributed by atoms with Crippen LogP contribution in [-0.4, -0.2) is 71.0 Å². The summed E-state index contributed by atoms with van der Waals surface area (Å²) in [6.45, 7) is 3.80. The van der Waals surface area contributed by atoms with E-state index in [1.54, 1.807) is 4.90 Å². The van der Waals surface area contributed by atoms with E-state index < -0.39 is 6.04 Å². The maximum Gasteiger partial charge on any atom is 0.255 e. The number of hydrogen-bond donors (Lipinski definition) is 3. The van der Waals surface area contributed by atoms with E-state index in [2.05, 4.69) is 15.5 Å². The summed E-state index contributed by atoms with van der Waals surface area (Å²) in [6.07, 6.45) is 1.35. The minimum absolute atomic E-state index is 0.123. The Kier molecular flexibility index (Phi) is 5.43. The van der Waals surface area contributed by atoms with Crippen LogP contribution in [0.3, 0.4) is 0 Å². The molecule has 3 aliphatic heterocycles. The number of rotatable bonds is 5. The molecule has 0 radical (unpaired) electrons. The van der Waals surface area contributed by atoms with Gasteiger partial charge in [-0.15, -0.1) is 0 Å². The second kappa shape index (κ2) is 7.98. The van der Waals surface area contributed by atoms with Crippen LogP contribution in [0, 0.1) is 0 Å². The van der Waals surface area contributed by atoms with Crippen molar-refractivity contribution < 1.29 is 19.5 Å². The maximum atomic E-state index is 13.1. The molecule has 0 spiro atoms. The number of aliphatic hydroxyl groups excluding tert-OH is 1. The van der Waals surface area contributed by atoms with Crippen molar-refractivity contribution in [2.75, 3.05) is 26.2 Å². The van der Waals surface area contributed by atoms with Gasteiger partial charge in [0.15, 0.2) is 0 Å². The molecule has 1 aromatic rings. The van der Waals surface area contributed by atoms with Crippen LogP contribution in [0.15, 0.2) is 18.2 Å². The number of carbonyl (C=O) groups is 3. The topological polar surface area (TPSA) is 102 Å². The summed E-state index contributed by atoms with van der Waals surface area (Å²) >= 11 is 0. The monoisotopic (exact) mass is 386 g/mol. The van der Waals surface area contributed by atoms with Crippen molar-refractivity contribution in [3.63, 3.8) is 0 Å². The van der Waals surface area contributed by atoms with E-state index in [-0.39, 0.29) is 36.8 Å². The highest BCUT2D eigenvalue weighted by Crippen LogP contribution is 2.30. The smallest absolute Gasteiger partial charge is 0.255 e. The van der Waals surface area contributed by atoms with Gasteiger partial charge in [-0.3, -0.25) is 24.6 Å². The number of hydrogen-bond acceptors (Lipinski definition) is 6. The van der Waals surface area contributed by atoms with E-state index in [0.717, 1.165) is 30.8 Å². The van der Waals surface area contributed by atoms with Crippen LogP contribution in [0.4, 0.5) is 0 Å². The molecule has 0 saturated carbocycles. The highest BCUT2D eigenvalue weighted by atomic mass is 16.3. The summed E-state index contributed by atoms with van der Waals surface area (Å²) in [5.74, 6) is -0.780. The zero-order valence-electron chi connectivity index (χ0n) is 15.8. The number of nitrogens with one attached hydrogen (secondary N) is 2. The Morgan fingerprint density at radius 2 is 2.07 bits per heavy atom. The van der Waals surface area contributed by atoms with E-state index >= 15 is 0 Å². The molecule has 3 aliphatic rings. The summed E-state index contributed by atoms with van der Waals surface area (Å²) in [6, 6.07) is 5.55. The zero-order valence-corrected chi connectivity index (χ0v) is 15.8. The molecule has 3 N–H and O–H groups in total. The first-order valence-electron chi connectivity index (χ1n) is 9.89. The first-order chi connectivity index (χ1) is 13.6. The third-order valence-corrected chi connectivity index (χ3v) is 5.85. The molecule has 0 bridgehead atoms. The summed E-state index contributed by atoms with van der Waals surface area (Å²) in [4.78, 5) is 40.7. The Labute approximate surface area is 163 Å². The molecule has 3 heterocycles. The highest BCUT2D eigenvalue weighted by molar-refractivity contribution is 6.05. The molecule has 4 rings (SSSR count). The quantitative estimate of drug-likeness (QED) is 0.596. The van der Waals surface area contributed by atoms with Crippen molar-refractivity contribution in [1.82, 2.24) is 20.4 Å². The lowest BCUT2D eigenvalue weighted by Gasteiger charge is -2.34. The minimum Gasteiger partial charge on any atom is -0.396 e. The van der Waals surface area contributed by atoms with Gasteiger partial charge >= 0.3 is 0 Å². The van der Waals surface area contributed by atoms with Gasteiger partial charge in [-0.2, -0.15) is 0 Å². The van der Waals surface area contributed by atoms with Crippen molar-refractivity contribution in [2.24, 2.45) is 0 Å². The van der Waals surface area contributed by atoms with Crippen molar-refractivity contribution in [2.45, 2.75) is 44.4 Å². The number of piperidine rings is 1. The highest BCUT2D eigenvalue weighted by Gasteiger charge is 2.40. The number of imide groups is 1. The van der Waals surface area contributed by atoms with Gasteiger partial charge in [0, 0.05) is 57.4 Å². The van der Waals surface area contributed by atoms with Gasteiger partial charge in [-0.1, -0.05) is 18.2 Å². The third kappa shape index (κ3) is 3.67. The largest absolute Gasteiger partial charge is 0.396 e. The van der Waals surface area contributed by atoms with E-state index in [9.17, 15) is 19.5 Å². The van der Waals surface area contributed by atoms with Gasteiger partial charge in [-0.05, 0) is 24.0 Å². The molecule has 0 aromatic heterocycles. The van der Waals surface area contributed by atoms with Crippen LogP contribution in [0.1, 0.15) is 40.7 Å². The molecular formula is C20H26N4O4. The average Bonchev–Trinajstić information content (AvgIpc) is 3.00. The molecule has 150 valence electrons. The van der Waals surface area contributed by atoms with Gasteiger partial charge in [-0.25, -0.2) is 0 Å². The molecule has 8 nitrogen and oxygen atoms in total. The van der Waals surface area contributed by atoms with Gasteiger partial charge in [0.25, 0.3) is 5.91 Å². The summed E-state index contributed by atoms with van der Waals surface area (Å²) < 4.78 is 0. The molecule has 2 atom stereocenters. The van der Waals surface area contributed by atoms with Gasteiger partial charge in [0.05, 0.1) is 0 Å². The van der Waals surface area contributed by atoms with Gasteiger partial charge < -0.3 is 15.3 Å². The summed E-state index contributed by atoms with van der Waals surface area (Å²) in [5.41, 5.74) is 2.61. The third-order valence-electron chi connectivity index (χ3n) is 5.85. The van der Waals surface area contributed by atoms with Crippen LogP contribution in [0.5, 0.6) is 0 Å². The van der Waals surface area contributed by atoms with Crippen LogP contribution >= 0.6 is 0 Å². The molecule has 28 heavy (non-hydrogen) atoms. The molecule has 8 heteroatoms. The standard InChI is InChI=1S/C20H26N4O4/c25-9-6-15-12-23(8-7-21-15)10-13-2-1-3-14-11-24(20(28)18(13)14)16-4-5-17(26)22-19(16)27/h1-3,15-16,21,25H,4-12H2,(H,22,26,27). The normalized spacial score (nSPS) is 25.8. The second-order valence-corrected chi connectivity index (χ2v) is 7.75. The van der Waals surface area contributed by atoms with E-state index in [0.29, 0.717) is 31.5 Å². The molecule has 2 saturated heterocycles. The molecular weight excluding hydrogens is 360 g/mol. The average molecular weight is 386 g/mol. The van der Waals surface area contributed by atoms with Crippen LogP contribution in [-0.2, 0) is 22.7 Å². The van der Waals surface area contributed by atoms with E-state index in [1.165, 1.54) is 0 Å². The van der Waals surface area contributed by atoms with E-state index in [4.69, 9.17) is 0 Å². The number of carbonyl (C=O) groups excluding carboxylic acids is 3. The van der Waals surface area contributed by atoms with Crippen LogP contribution < -0.4 is 10.6 Å². The predicted octanol–water partition coefficient (Wildman–Crippen LogP) is -0.396. The van der Waals surface area contributed by atoms with Crippen molar-refractivity contribution >= 4 is 17.7 Å². The van der Waals surface area contributed by atoms with Crippen molar-refractivity contribution in [3.8, 4) is 0 Å². The zero-order chi connectivity index (χ0) is 19.7. The lowest BCUT2D eigenvalue weighted by molar-refractivity contribution is -0.136. The lowest BCUT2D eigenvalue weighted by Crippen LogP contribution is -2.52. The molecule has 2 unspecified atom stereocenters. The van der Waals surface area contributed by atoms with Crippen molar-refractivity contribution in [1.29, 1.82) is 0 Å². The van der Waals surface area contributed by atoms with Crippen LogP contribution in [0.25, 0.3) is 0 Å². The molecule has 3 amide bonds. The van der Waals surface area contributed by atoms with E-state index in [1.807, 2.05) is 18.2 Å². The van der Waals surface area contributed by atoms with Crippen LogP contribution in [0.2, 0.25) is 0 Å². The number of amides is 3. The summed E-state index contributed by atoms with van der Waals surface area (Å²) in [7, 11) is 0. The first-order valence-corrected chi connectivity index (χ1v) is 9.89. The number of nitrogens with zero attached hydrogens (tertiary/aromatic N) is 2. The lowest BCUT2D eigenvalue weighted by atomic mass is 10.0. The fourth-order valence-electron chi connectivity index (χ4n) is 4.45. The number of piperazine rings is 1. The number of benzene rings is 1. The SMILES string of the molecule is O=C1CCC(N2Cc3cccc(CN4CCNC(CCO)C4)c3C2=O)C(=O)N1. The minimum atomic E-state index is -0.585. The Balaban J connectivity index is 1.50.